The Kier molecular flexibility index (Phi) is 6.22. The van der Waals surface area contributed by atoms with Gasteiger partial charge in [0.1, 0.15) is 5.75 Å². The molecule has 0 aliphatic carbocycles. The molecule has 0 spiro atoms. The van der Waals surface area contributed by atoms with Gasteiger partial charge < -0.3 is 14.4 Å². The average Bonchev–Trinajstić information content (AvgIpc) is 2.37. The topological polar surface area (TPSA) is 38.8 Å². The van der Waals surface area contributed by atoms with Crippen LogP contribution < -0.4 is 4.74 Å². The van der Waals surface area contributed by atoms with Crippen LogP contribution in [0.2, 0.25) is 0 Å². The molecule has 0 saturated carbocycles. The zero-order chi connectivity index (χ0) is 13.4. The maximum atomic E-state index is 10.9. The van der Waals surface area contributed by atoms with Crippen LogP contribution in [0.3, 0.4) is 0 Å². The van der Waals surface area contributed by atoms with E-state index in [9.17, 15) is 4.79 Å². The molecule has 1 aromatic rings. The number of nitrogens with zero attached hydrogens (tertiary/aromatic N) is 1. The molecule has 0 aliphatic heterocycles. The molecule has 0 radical (unpaired) electrons. The summed E-state index contributed by atoms with van der Waals surface area (Å²) in [5.41, 5.74) is 1.28. The molecule has 100 valence electrons. The molecular weight excluding hydrogens is 230 g/mol. The number of rotatable bonds is 7. The zero-order valence-electron chi connectivity index (χ0n) is 11.3. The van der Waals surface area contributed by atoms with Gasteiger partial charge in [-0.3, -0.25) is 0 Å². The standard InChI is InChI=1S/C14H21NO3/c1-15(2)10-4-5-12-6-8-13(9-7-12)18-11-14(16)17-3/h6-9H,4-5,10-11H2,1-3H3. The van der Waals surface area contributed by atoms with E-state index in [4.69, 9.17) is 4.74 Å². The molecule has 0 amide bonds. The lowest BCUT2D eigenvalue weighted by Gasteiger charge is -2.09. The van der Waals surface area contributed by atoms with Crippen molar-refractivity contribution in [1.82, 2.24) is 4.90 Å². The summed E-state index contributed by atoms with van der Waals surface area (Å²) >= 11 is 0. The molecule has 0 bridgehead atoms. The van der Waals surface area contributed by atoms with Crippen molar-refractivity contribution < 1.29 is 14.3 Å². The van der Waals surface area contributed by atoms with Crippen molar-refractivity contribution in [3.63, 3.8) is 0 Å². The predicted molar refractivity (Wildman–Crippen MR) is 70.8 cm³/mol. The number of ether oxygens (including phenoxy) is 2. The number of aryl methyl sites for hydroxylation is 1. The summed E-state index contributed by atoms with van der Waals surface area (Å²) in [5, 5.41) is 0. The molecule has 0 N–H and O–H groups in total. The molecule has 1 rings (SSSR count). The Hall–Kier alpha value is -1.55. The lowest BCUT2D eigenvalue weighted by molar-refractivity contribution is -0.142. The average molecular weight is 251 g/mol. The third-order valence-electron chi connectivity index (χ3n) is 2.58. The van der Waals surface area contributed by atoms with Crippen LogP contribution in [0.4, 0.5) is 0 Å². The Morgan fingerprint density at radius 2 is 1.89 bits per heavy atom. The molecule has 4 nitrogen and oxygen atoms in total. The molecule has 18 heavy (non-hydrogen) atoms. The van der Waals surface area contributed by atoms with E-state index in [1.807, 2.05) is 24.3 Å². The van der Waals surface area contributed by atoms with Crippen molar-refractivity contribution in [2.45, 2.75) is 12.8 Å². The summed E-state index contributed by atoms with van der Waals surface area (Å²) in [6, 6.07) is 7.83. The molecule has 0 aromatic heterocycles. The van der Waals surface area contributed by atoms with E-state index < -0.39 is 0 Å². The summed E-state index contributed by atoms with van der Waals surface area (Å²) < 4.78 is 9.78. The predicted octanol–water partition coefficient (Wildman–Crippen LogP) is 1.73. The molecule has 0 saturated heterocycles. The van der Waals surface area contributed by atoms with Crippen LogP contribution in [0.5, 0.6) is 5.75 Å². The van der Waals surface area contributed by atoms with E-state index in [2.05, 4.69) is 23.7 Å². The van der Waals surface area contributed by atoms with E-state index in [-0.39, 0.29) is 12.6 Å². The highest BCUT2D eigenvalue weighted by molar-refractivity contribution is 5.70. The fourth-order valence-electron chi connectivity index (χ4n) is 1.55. The van der Waals surface area contributed by atoms with E-state index in [0.717, 1.165) is 19.4 Å². The number of methoxy groups -OCH3 is 1. The van der Waals surface area contributed by atoms with Crippen LogP contribution in [-0.4, -0.2) is 45.2 Å². The second-order valence-corrected chi connectivity index (χ2v) is 4.42. The normalized spacial score (nSPS) is 10.4. The Balaban J connectivity index is 2.35. The first kappa shape index (κ1) is 14.5. The van der Waals surface area contributed by atoms with Crippen molar-refractivity contribution in [2.24, 2.45) is 0 Å². The van der Waals surface area contributed by atoms with Gasteiger partial charge >= 0.3 is 5.97 Å². The first-order valence-electron chi connectivity index (χ1n) is 6.05. The third kappa shape index (κ3) is 5.68. The van der Waals surface area contributed by atoms with E-state index in [0.29, 0.717) is 5.75 Å². The fourth-order valence-corrected chi connectivity index (χ4v) is 1.55. The van der Waals surface area contributed by atoms with Crippen LogP contribution in [-0.2, 0) is 16.0 Å². The van der Waals surface area contributed by atoms with Gasteiger partial charge in [0.2, 0.25) is 0 Å². The van der Waals surface area contributed by atoms with Gasteiger partial charge in [0.05, 0.1) is 7.11 Å². The summed E-state index contributed by atoms with van der Waals surface area (Å²) in [6.07, 6.45) is 2.19. The van der Waals surface area contributed by atoms with Crippen LogP contribution in [0.1, 0.15) is 12.0 Å². The highest BCUT2D eigenvalue weighted by Crippen LogP contribution is 2.13. The number of hydrogen-bond acceptors (Lipinski definition) is 4. The Labute approximate surface area is 108 Å². The van der Waals surface area contributed by atoms with Gasteiger partial charge in [-0.05, 0) is 51.2 Å². The SMILES string of the molecule is COC(=O)COc1ccc(CCCN(C)C)cc1. The van der Waals surface area contributed by atoms with Crippen molar-refractivity contribution in [1.29, 1.82) is 0 Å². The lowest BCUT2D eigenvalue weighted by atomic mass is 10.1. The molecule has 0 unspecified atom stereocenters. The highest BCUT2D eigenvalue weighted by atomic mass is 16.6. The molecule has 1 aromatic carbocycles. The second kappa shape index (κ2) is 7.71. The minimum atomic E-state index is -0.370. The van der Waals surface area contributed by atoms with Crippen molar-refractivity contribution in [2.75, 3.05) is 34.4 Å². The van der Waals surface area contributed by atoms with Gasteiger partial charge in [-0.1, -0.05) is 12.1 Å². The van der Waals surface area contributed by atoms with Crippen molar-refractivity contribution >= 4 is 5.97 Å². The lowest BCUT2D eigenvalue weighted by Crippen LogP contribution is -2.13. The molecule has 0 heterocycles. The number of carbonyl (C=O) groups is 1. The molecule has 0 atom stereocenters. The molecule has 0 fully saturated rings. The molecular formula is C14H21NO3. The Morgan fingerprint density at radius 1 is 1.22 bits per heavy atom. The van der Waals surface area contributed by atoms with Gasteiger partial charge in [0.25, 0.3) is 0 Å². The summed E-state index contributed by atoms with van der Waals surface area (Å²) in [6.45, 7) is 1.04. The van der Waals surface area contributed by atoms with Crippen LogP contribution in [0.25, 0.3) is 0 Å². The summed E-state index contributed by atoms with van der Waals surface area (Å²) in [5.74, 6) is 0.321. The third-order valence-corrected chi connectivity index (χ3v) is 2.58. The van der Waals surface area contributed by atoms with E-state index in [1.165, 1.54) is 12.7 Å². The van der Waals surface area contributed by atoms with Gasteiger partial charge in [0, 0.05) is 0 Å². The minimum Gasteiger partial charge on any atom is -0.482 e. The van der Waals surface area contributed by atoms with E-state index in [1.54, 1.807) is 0 Å². The van der Waals surface area contributed by atoms with Crippen LogP contribution in [0, 0.1) is 0 Å². The number of benzene rings is 1. The monoisotopic (exact) mass is 251 g/mol. The van der Waals surface area contributed by atoms with Crippen LogP contribution in [0.15, 0.2) is 24.3 Å². The van der Waals surface area contributed by atoms with Gasteiger partial charge in [-0.2, -0.15) is 0 Å². The quantitative estimate of drug-likeness (QED) is 0.692. The van der Waals surface area contributed by atoms with Crippen LogP contribution >= 0.6 is 0 Å². The Morgan fingerprint density at radius 3 is 2.44 bits per heavy atom. The smallest absolute Gasteiger partial charge is 0.343 e. The van der Waals surface area contributed by atoms with Gasteiger partial charge in [0.15, 0.2) is 6.61 Å². The maximum absolute atomic E-state index is 10.9. The number of esters is 1. The molecule has 4 heteroatoms. The van der Waals surface area contributed by atoms with E-state index >= 15 is 0 Å². The molecule has 0 aliphatic rings. The largest absolute Gasteiger partial charge is 0.482 e. The van der Waals surface area contributed by atoms with Crippen molar-refractivity contribution in [3.8, 4) is 5.75 Å². The second-order valence-electron chi connectivity index (χ2n) is 4.42. The Bertz CT molecular complexity index is 360. The number of hydrogen-bond donors (Lipinski definition) is 0. The summed E-state index contributed by atoms with van der Waals surface area (Å²) in [4.78, 5) is 13.1. The highest BCUT2D eigenvalue weighted by Gasteiger charge is 2.01. The first-order valence-corrected chi connectivity index (χ1v) is 6.05. The zero-order valence-corrected chi connectivity index (χ0v) is 11.3. The number of carbonyl (C=O) groups excluding carboxylic acids is 1. The van der Waals surface area contributed by atoms with Gasteiger partial charge in [-0.25, -0.2) is 4.79 Å². The maximum Gasteiger partial charge on any atom is 0.343 e. The summed E-state index contributed by atoms with van der Waals surface area (Å²) in [7, 11) is 5.49. The minimum absolute atomic E-state index is 0.0452. The van der Waals surface area contributed by atoms with Crippen molar-refractivity contribution in [3.05, 3.63) is 29.8 Å². The first-order chi connectivity index (χ1) is 8.61. The van der Waals surface area contributed by atoms with Gasteiger partial charge in [-0.15, -0.1) is 0 Å². The fraction of sp³-hybridized carbons (Fsp3) is 0.500.